The van der Waals surface area contributed by atoms with Crippen molar-refractivity contribution in [2.24, 2.45) is 4.99 Å². The minimum Gasteiger partial charge on any atom is -0.390 e. The summed E-state index contributed by atoms with van der Waals surface area (Å²) < 4.78 is 36.7. The Bertz CT molecular complexity index is 592. The number of fused-ring (bicyclic) bond motifs is 1. The highest BCUT2D eigenvalue weighted by Gasteiger charge is 2.26. The number of halogens is 3. The van der Waals surface area contributed by atoms with Crippen LogP contribution in [0.25, 0.3) is 0 Å². The SMILES string of the molecule is CCNC(=NCC(O)CN1CCc2ccccc2C1)NCCC(F)(F)F. The molecule has 2 rings (SSSR count). The number of alkyl halides is 3. The quantitative estimate of drug-likeness (QED) is 0.506. The Morgan fingerprint density at radius 1 is 1.27 bits per heavy atom. The Labute approximate surface area is 152 Å². The van der Waals surface area contributed by atoms with Crippen molar-refractivity contribution in [2.45, 2.75) is 38.6 Å². The smallest absolute Gasteiger partial charge is 0.390 e. The Kier molecular flexibility index (Phi) is 7.71. The van der Waals surface area contributed by atoms with E-state index in [1.807, 2.05) is 19.1 Å². The molecule has 0 radical (unpaired) electrons. The molecule has 5 nitrogen and oxygen atoms in total. The van der Waals surface area contributed by atoms with E-state index in [1.165, 1.54) is 11.1 Å². The average molecular weight is 372 g/mol. The molecule has 1 unspecified atom stereocenters. The van der Waals surface area contributed by atoms with Crippen LogP contribution in [0.3, 0.4) is 0 Å². The summed E-state index contributed by atoms with van der Waals surface area (Å²) in [5.41, 5.74) is 2.62. The first-order valence-electron chi connectivity index (χ1n) is 8.93. The van der Waals surface area contributed by atoms with E-state index in [9.17, 15) is 18.3 Å². The van der Waals surface area contributed by atoms with Gasteiger partial charge in [-0.25, -0.2) is 0 Å². The monoisotopic (exact) mass is 372 g/mol. The summed E-state index contributed by atoms with van der Waals surface area (Å²) >= 11 is 0. The van der Waals surface area contributed by atoms with Crippen molar-refractivity contribution in [3.05, 3.63) is 35.4 Å². The molecule has 1 aliphatic heterocycles. The van der Waals surface area contributed by atoms with Crippen LogP contribution in [-0.4, -0.2) is 61.0 Å². The number of hydrogen-bond donors (Lipinski definition) is 3. The van der Waals surface area contributed by atoms with Crippen LogP contribution < -0.4 is 10.6 Å². The number of benzene rings is 1. The van der Waals surface area contributed by atoms with E-state index in [4.69, 9.17) is 0 Å². The Balaban J connectivity index is 1.79. The fourth-order valence-electron chi connectivity index (χ4n) is 2.93. The molecule has 0 saturated heterocycles. The van der Waals surface area contributed by atoms with E-state index in [-0.39, 0.29) is 13.1 Å². The standard InChI is InChI=1S/C18H27F3N4O/c1-2-22-17(23-9-8-18(19,20)21)24-11-16(26)13-25-10-7-14-5-3-4-6-15(14)12-25/h3-6,16,26H,2,7-13H2,1H3,(H2,22,23,24). The number of aliphatic hydroxyl groups excluding tert-OH is 1. The highest BCUT2D eigenvalue weighted by atomic mass is 19.4. The second-order valence-corrected chi connectivity index (χ2v) is 6.42. The van der Waals surface area contributed by atoms with Gasteiger partial charge in [0.15, 0.2) is 5.96 Å². The van der Waals surface area contributed by atoms with Crippen LogP contribution in [0.5, 0.6) is 0 Å². The number of aliphatic imine (C=N–C) groups is 1. The Morgan fingerprint density at radius 2 is 2.00 bits per heavy atom. The van der Waals surface area contributed by atoms with Crippen LogP contribution in [0.2, 0.25) is 0 Å². The van der Waals surface area contributed by atoms with Crippen LogP contribution in [0.1, 0.15) is 24.5 Å². The van der Waals surface area contributed by atoms with Crippen molar-refractivity contribution < 1.29 is 18.3 Å². The van der Waals surface area contributed by atoms with Gasteiger partial charge in [-0.15, -0.1) is 0 Å². The summed E-state index contributed by atoms with van der Waals surface area (Å²) in [6, 6.07) is 8.27. The van der Waals surface area contributed by atoms with Crippen molar-refractivity contribution in [1.29, 1.82) is 0 Å². The van der Waals surface area contributed by atoms with Gasteiger partial charge in [0.1, 0.15) is 0 Å². The zero-order valence-corrected chi connectivity index (χ0v) is 15.0. The van der Waals surface area contributed by atoms with Crippen LogP contribution in [0.15, 0.2) is 29.3 Å². The fraction of sp³-hybridized carbons (Fsp3) is 0.611. The van der Waals surface area contributed by atoms with Gasteiger partial charge in [0.25, 0.3) is 0 Å². The number of rotatable bonds is 7. The molecule has 0 saturated carbocycles. The number of nitrogens with zero attached hydrogens (tertiary/aromatic N) is 2. The van der Waals surface area contributed by atoms with Crippen molar-refractivity contribution >= 4 is 5.96 Å². The molecule has 0 bridgehead atoms. The number of nitrogens with one attached hydrogen (secondary N) is 2. The van der Waals surface area contributed by atoms with Crippen molar-refractivity contribution in [1.82, 2.24) is 15.5 Å². The van der Waals surface area contributed by atoms with E-state index < -0.39 is 18.7 Å². The summed E-state index contributed by atoms with van der Waals surface area (Å²) in [5.74, 6) is 0.291. The van der Waals surface area contributed by atoms with E-state index in [2.05, 4.69) is 32.7 Å². The molecule has 0 aliphatic carbocycles. The highest BCUT2D eigenvalue weighted by Crippen LogP contribution is 2.19. The lowest BCUT2D eigenvalue weighted by atomic mass is 10.00. The molecule has 8 heteroatoms. The summed E-state index contributed by atoms with van der Waals surface area (Å²) in [6.07, 6.45) is -4.84. The lowest BCUT2D eigenvalue weighted by Crippen LogP contribution is -2.41. The fourth-order valence-corrected chi connectivity index (χ4v) is 2.93. The maximum Gasteiger partial charge on any atom is 0.390 e. The molecule has 0 amide bonds. The summed E-state index contributed by atoms with van der Waals surface area (Å²) in [4.78, 5) is 6.37. The molecule has 0 aromatic heterocycles. The molecule has 1 aromatic carbocycles. The second-order valence-electron chi connectivity index (χ2n) is 6.42. The van der Waals surface area contributed by atoms with Gasteiger partial charge in [0.05, 0.1) is 19.1 Å². The van der Waals surface area contributed by atoms with Crippen LogP contribution in [0.4, 0.5) is 13.2 Å². The summed E-state index contributed by atoms with van der Waals surface area (Å²) in [5, 5.41) is 15.8. The minimum atomic E-state index is -4.20. The van der Waals surface area contributed by atoms with Crippen LogP contribution in [0, 0.1) is 0 Å². The Hall–Kier alpha value is -1.80. The van der Waals surface area contributed by atoms with Crippen LogP contribution in [-0.2, 0) is 13.0 Å². The molecule has 26 heavy (non-hydrogen) atoms. The van der Waals surface area contributed by atoms with Gasteiger partial charge in [0, 0.05) is 32.7 Å². The number of β-amino-alcohol motifs (C(OH)–C–C–N with tert-alkyl or cyclic N) is 1. The molecule has 146 valence electrons. The molecule has 1 aromatic rings. The molecule has 1 heterocycles. The number of aliphatic hydroxyl groups is 1. The maximum absolute atomic E-state index is 12.2. The lowest BCUT2D eigenvalue weighted by molar-refractivity contribution is -0.132. The maximum atomic E-state index is 12.2. The first-order valence-corrected chi connectivity index (χ1v) is 8.93. The van der Waals surface area contributed by atoms with Gasteiger partial charge in [-0.3, -0.25) is 9.89 Å². The van der Waals surface area contributed by atoms with Crippen molar-refractivity contribution in [2.75, 3.05) is 32.7 Å². The first kappa shape index (κ1) is 20.5. The second kappa shape index (κ2) is 9.78. The third kappa shape index (κ3) is 7.21. The minimum absolute atomic E-state index is 0.138. The van der Waals surface area contributed by atoms with E-state index in [0.29, 0.717) is 19.0 Å². The predicted octanol–water partition coefficient (Wildman–Crippen LogP) is 1.91. The zero-order valence-electron chi connectivity index (χ0n) is 15.0. The molecular weight excluding hydrogens is 345 g/mol. The summed E-state index contributed by atoms with van der Waals surface area (Å²) in [7, 11) is 0. The predicted molar refractivity (Wildman–Crippen MR) is 96.1 cm³/mol. The van der Waals surface area contributed by atoms with Gasteiger partial charge >= 0.3 is 6.18 Å². The normalized spacial score (nSPS) is 16.9. The van der Waals surface area contributed by atoms with Crippen molar-refractivity contribution in [3.63, 3.8) is 0 Å². The topological polar surface area (TPSA) is 59.9 Å². The molecule has 1 atom stereocenters. The molecule has 3 N–H and O–H groups in total. The largest absolute Gasteiger partial charge is 0.390 e. The zero-order chi connectivity index (χ0) is 19.0. The summed E-state index contributed by atoms with van der Waals surface area (Å²) in [6.45, 7) is 4.43. The van der Waals surface area contributed by atoms with Gasteiger partial charge in [0.2, 0.25) is 0 Å². The van der Waals surface area contributed by atoms with Crippen molar-refractivity contribution in [3.8, 4) is 0 Å². The van der Waals surface area contributed by atoms with Gasteiger partial charge < -0.3 is 15.7 Å². The molecule has 1 aliphatic rings. The third-order valence-corrected chi connectivity index (χ3v) is 4.18. The van der Waals surface area contributed by atoms with E-state index >= 15 is 0 Å². The molecule has 0 spiro atoms. The lowest BCUT2D eigenvalue weighted by Gasteiger charge is -2.30. The molecule has 0 fully saturated rings. The Morgan fingerprint density at radius 3 is 2.69 bits per heavy atom. The van der Waals surface area contributed by atoms with Gasteiger partial charge in [-0.05, 0) is 24.5 Å². The average Bonchev–Trinajstić information content (AvgIpc) is 2.58. The molecular formula is C18H27F3N4O. The van der Waals surface area contributed by atoms with Gasteiger partial charge in [-0.2, -0.15) is 13.2 Å². The van der Waals surface area contributed by atoms with Gasteiger partial charge in [-0.1, -0.05) is 24.3 Å². The van der Waals surface area contributed by atoms with E-state index in [0.717, 1.165) is 19.5 Å². The first-order chi connectivity index (χ1) is 12.4. The highest BCUT2D eigenvalue weighted by molar-refractivity contribution is 5.79. The third-order valence-electron chi connectivity index (χ3n) is 4.18. The number of guanidine groups is 1. The van der Waals surface area contributed by atoms with Crippen LogP contribution >= 0.6 is 0 Å². The number of hydrogen-bond acceptors (Lipinski definition) is 3. The van der Waals surface area contributed by atoms with E-state index in [1.54, 1.807) is 0 Å².